The average molecular weight is 457 g/mol. The number of fused-ring (bicyclic) bond motifs is 3. The summed E-state index contributed by atoms with van der Waals surface area (Å²) in [6.45, 7) is 12.6. The molecule has 1 amide bonds. The smallest absolute Gasteiger partial charge is 0.223 e. The summed E-state index contributed by atoms with van der Waals surface area (Å²) >= 11 is 0. The van der Waals surface area contributed by atoms with Gasteiger partial charge in [0.15, 0.2) is 11.5 Å². The van der Waals surface area contributed by atoms with Crippen LogP contribution in [0.2, 0.25) is 0 Å². The Morgan fingerprint density at radius 1 is 1.03 bits per heavy atom. The number of carbonyl (C=O) groups excluding carboxylic acids is 1. The molecule has 7 nitrogen and oxygen atoms in total. The van der Waals surface area contributed by atoms with Crippen molar-refractivity contribution in [2.45, 2.75) is 47.1 Å². The number of para-hydroxylation sites is 1. The first kappa shape index (κ1) is 22.3. The number of hydrogen-bond acceptors (Lipinski definition) is 5. The molecule has 0 saturated carbocycles. The van der Waals surface area contributed by atoms with Crippen LogP contribution in [-0.4, -0.2) is 56.1 Å². The number of nitrogens with zero attached hydrogens (tertiary/aromatic N) is 6. The van der Waals surface area contributed by atoms with E-state index in [1.54, 1.807) is 0 Å². The number of anilines is 1. The molecule has 1 saturated heterocycles. The first-order chi connectivity index (χ1) is 16.2. The molecular weight excluding hydrogens is 424 g/mol. The molecule has 2 aromatic heterocycles. The lowest BCUT2D eigenvalue weighted by Crippen LogP contribution is -2.55. The van der Waals surface area contributed by atoms with Crippen LogP contribution >= 0.6 is 0 Å². The van der Waals surface area contributed by atoms with Gasteiger partial charge < -0.3 is 9.80 Å². The van der Waals surface area contributed by atoms with Gasteiger partial charge in [0.2, 0.25) is 11.9 Å². The predicted molar refractivity (Wildman–Crippen MR) is 136 cm³/mol. The normalized spacial score (nSPS) is 17.0. The Hall–Kier alpha value is -3.48. The van der Waals surface area contributed by atoms with Crippen LogP contribution in [-0.2, 0) is 4.79 Å². The van der Waals surface area contributed by atoms with Gasteiger partial charge in [0.25, 0.3) is 0 Å². The third kappa shape index (κ3) is 4.11. The Kier molecular flexibility index (Phi) is 5.50. The van der Waals surface area contributed by atoms with Crippen molar-refractivity contribution in [1.82, 2.24) is 24.5 Å². The van der Waals surface area contributed by atoms with Gasteiger partial charge in [-0.25, -0.2) is 9.38 Å². The maximum absolute atomic E-state index is 12.9. The highest BCUT2D eigenvalue weighted by Crippen LogP contribution is 2.30. The van der Waals surface area contributed by atoms with Crippen molar-refractivity contribution >= 4 is 28.4 Å². The zero-order chi connectivity index (χ0) is 24.0. The lowest BCUT2D eigenvalue weighted by Gasteiger charge is -2.41. The SMILES string of the molecule is Cc1ccc(-c2nnc3c4ccccc4nc(N4CCN(C(=O)CC(C)(C)C)[C@H](C)C4)n23)cc1. The molecule has 4 aromatic rings. The van der Waals surface area contributed by atoms with Crippen LogP contribution in [0.5, 0.6) is 0 Å². The van der Waals surface area contributed by atoms with Crippen LogP contribution in [0.1, 0.15) is 39.7 Å². The predicted octanol–water partition coefficient (Wildman–Crippen LogP) is 4.73. The Balaban J connectivity index is 1.57. The minimum atomic E-state index is -0.0224. The van der Waals surface area contributed by atoms with E-state index >= 15 is 0 Å². The van der Waals surface area contributed by atoms with Crippen molar-refractivity contribution in [2.24, 2.45) is 5.41 Å². The Morgan fingerprint density at radius 2 is 1.76 bits per heavy atom. The number of piperazine rings is 1. The summed E-state index contributed by atoms with van der Waals surface area (Å²) in [7, 11) is 0. The van der Waals surface area contributed by atoms with E-state index in [1.165, 1.54) is 5.56 Å². The van der Waals surface area contributed by atoms with Gasteiger partial charge in [-0.05, 0) is 31.4 Å². The first-order valence-corrected chi connectivity index (χ1v) is 12.0. The van der Waals surface area contributed by atoms with Gasteiger partial charge in [0, 0.05) is 43.0 Å². The van der Waals surface area contributed by atoms with Gasteiger partial charge in [0.1, 0.15) is 0 Å². The number of carbonyl (C=O) groups is 1. The number of aryl methyl sites for hydroxylation is 1. The third-order valence-electron chi connectivity index (χ3n) is 6.45. The van der Waals surface area contributed by atoms with Gasteiger partial charge in [-0.3, -0.25) is 4.79 Å². The van der Waals surface area contributed by atoms with Gasteiger partial charge in [-0.15, -0.1) is 10.2 Å². The van der Waals surface area contributed by atoms with Crippen molar-refractivity contribution in [3.63, 3.8) is 0 Å². The molecule has 5 rings (SSSR count). The molecule has 1 atom stereocenters. The van der Waals surface area contributed by atoms with Crippen LogP contribution in [0.25, 0.3) is 27.9 Å². The fourth-order valence-corrected chi connectivity index (χ4v) is 4.73. The number of benzene rings is 2. The lowest BCUT2D eigenvalue weighted by atomic mass is 9.91. The average Bonchev–Trinajstić information content (AvgIpc) is 3.23. The Bertz CT molecular complexity index is 1350. The van der Waals surface area contributed by atoms with Gasteiger partial charge in [-0.1, -0.05) is 62.7 Å². The fraction of sp³-hybridized carbons (Fsp3) is 0.407. The summed E-state index contributed by atoms with van der Waals surface area (Å²) in [6.07, 6.45) is 0.554. The van der Waals surface area contributed by atoms with E-state index in [2.05, 4.69) is 78.4 Å². The number of rotatable bonds is 3. The minimum Gasteiger partial charge on any atom is -0.338 e. The second-order valence-corrected chi connectivity index (χ2v) is 10.6. The monoisotopic (exact) mass is 456 g/mol. The minimum absolute atomic E-state index is 0.0224. The highest BCUT2D eigenvalue weighted by Gasteiger charge is 2.31. The lowest BCUT2D eigenvalue weighted by molar-refractivity contribution is -0.135. The molecule has 2 aromatic carbocycles. The molecule has 3 heterocycles. The fourth-order valence-electron chi connectivity index (χ4n) is 4.73. The molecule has 0 spiro atoms. The summed E-state index contributed by atoms with van der Waals surface area (Å²) in [6, 6.07) is 16.5. The number of hydrogen-bond donors (Lipinski definition) is 0. The zero-order valence-electron chi connectivity index (χ0n) is 20.6. The summed E-state index contributed by atoms with van der Waals surface area (Å²) in [5.74, 6) is 1.83. The highest BCUT2D eigenvalue weighted by atomic mass is 16.2. The molecule has 7 heteroatoms. The zero-order valence-corrected chi connectivity index (χ0v) is 20.6. The van der Waals surface area contributed by atoms with E-state index in [-0.39, 0.29) is 17.4 Å². The molecule has 0 N–H and O–H groups in total. The van der Waals surface area contributed by atoms with E-state index in [1.807, 2.05) is 29.2 Å². The summed E-state index contributed by atoms with van der Waals surface area (Å²) < 4.78 is 2.08. The van der Waals surface area contributed by atoms with Crippen LogP contribution < -0.4 is 4.90 Å². The topological polar surface area (TPSA) is 66.6 Å². The van der Waals surface area contributed by atoms with Crippen LogP contribution in [0.15, 0.2) is 48.5 Å². The van der Waals surface area contributed by atoms with E-state index in [0.717, 1.165) is 33.9 Å². The molecule has 0 unspecified atom stereocenters. The quantitative estimate of drug-likeness (QED) is 0.446. The van der Waals surface area contributed by atoms with Crippen molar-refractivity contribution in [3.8, 4) is 11.4 Å². The molecule has 34 heavy (non-hydrogen) atoms. The van der Waals surface area contributed by atoms with Crippen molar-refractivity contribution in [1.29, 1.82) is 0 Å². The van der Waals surface area contributed by atoms with Crippen LogP contribution in [0.4, 0.5) is 5.95 Å². The van der Waals surface area contributed by atoms with Crippen LogP contribution in [0, 0.1) is 12.3 Å². The van der Waals surface area contributed by atoms with E-state index < -0.39 is 0 Å². The molecule has 0 aliphatic carbocycles. The highest BCUT2D eigenvalue weighted by molar-refractivity contribution is 5.93. The molecule has 1 aliphatic rings. The molecule has 176 valence electrons. The largest absolute Gasteiger partial charge is 0.338 e. The van der Waals surface area contributed by atoms with Gasteiger partial charge in [-0.2, -0.15) is 0 Å². The summed E-state index contributed by atoms with van der Waals surface area (Å²) in [5.41, 5.74) is 3.88. The van der Waals surface area contributed by atoms with Gasteiger partial charge >= 0.3 is 0 Å². The number of amides is 1. The second kappa shape index (κ2) is 8.38. The van der Waals surface area contributed by atoms with E-state index in [4.69, 9.17) is 4.98 Å². The standard InChI is InChI=1S/C27H32N6O/c1-18-10-12-20(13-11-18)24-29-30-25-21-8-6-7-9-22(21)28-26(33(24)25)31-14-15-32(19(2)17-31)23(34)16-27(3,4)5/h6-13,19H,14-17H2,1-5H3/t19-/m1/s1. The van der Waals surface area contributed by atoms with E-state index in [9.17, 15) is 4.79 Å². The van der Waals surface area contributed by atoms with Crippen LogP contribution in [0.3, 0.4) is 0 Å². The Labute approximate surface area is 200 Å². The molecule has 1 aliphatic heterocycles. The molecular formula is C27H32N6O. The first-order valence-electron chi connectivity index (χ1n) is 12.0. The molecule has 0 bridgehead atoms. The van der Waals surface area contributed by atoms with Crippen molar-refractivity contribution < 1.29 is 4.79 Å². The molecule has 0 radical (unpaired) electrons. The maximum Gasteiger partial charge on any atom is 0.223 e. The second-order valence-electron chi connectivity index (χ2n) is 10.6. The van der Waals surface area contributed by atoms with Crippen molar-refractivity contribution in [2.75, 3.05) is 24.5 Å². The number of aromatic nitrogens is 4. The van der Waals surface area contributed by atoms with Gasteiger partial charge in [0.05, 0.1) is 5.52 Å². The molecule has 1 fully saturated rings. The Morgan fingerprint density at radius 3 is 2.47 bits per heavy atom. The third-order valence-corrected chi connectivity index (χ3v) is 6.45. The summed E-state index contributed by atoms with van der Waals surface area (Å²) in [4.78, 5) is 22.3. The van der Waals surface area contributed by atoms with E-state index in [0.29, 0.717) is 26.1 Å². The van der Waals surface area contributed by atoms with Crippen molar-refractivity contribution in [3.05, 3.63) is 54.1 Å². The summed E-state index contributed by atoms with van der Waals surface area (Å²) in [5, 5.41) is 10.1. The maximum atomic E-state index is 12.9.